The molecule has 4 aromatic rings. The molecule has 4 heterocycles. The number of aliphatic hydroxyl groups is 1. The van der Waals surface area contributed by atoms with E-state index < -0.39 is 6.23 Å². The lowest BCUT2D eigenvalue weighted by atomic mass is 9.96. The first-order valence-corrected chi connectivity index (χ1v) is 14.5. The van der Waals surface area contributed by atoms with Gasteiger partial charge in [-0.25, -0.2) is 4.98 Å². The van der Waals surface area contributed by atoms with Crippen molar-refractivity contribution in [3.63, 3.8) is 0 Å². The van der Waals surface area contributed by atoms with Crippen molar-refractivity contribution in [1.29, 1.82) is 0 Å². The fourth-order valence-electron chi connectivity index (χ4n) is 6.84. The molecule has 0 radical (unpaired) electrons. The van der Waals surface area contributed by atoms with Crippen molar-refractivity contribution in [2.24, 2.45) is 0 Å². The van der Waals surface area contributed by atoms with Gasteiger partial charge in [-0.15, -0.1) is 0 Å². The van der Waals surface area contributed by atoms with Crippen LogP contribution in [0.15, 0.2) is 48.7 Å². The summed E-state index contributed by atoms with van der Waals surface area (Å²) in [6.07, 6.45) is 8.65. The van der Waals surface area contributed by atoms with Crippen LogP contribution < -0.4 is 10.1 Å². The highest BCUT2D eigenvalue weighted by atomic mass is 16.5. The number of benzene rings is 2. The minimum absolute atomic E-state index is 0.0369. The second-order valence-electron chi connectivity index (χ2n) is 11.6. The number of aromatic nitrogens is 3. The Balaban J connectivity index is 1.19. The number of hydrogen-bond acceptors (Lipinski definition) is 6. The summed E-state index contributed by atoms with van der Waals surface area (Å²) in [6.45, 7) is 6.25. The van der Waals surface area contributed by atoms with Crippen LogP contribution >= 0.6 is 0 Å². The normalized spacial score (nSPS) is 25.5. The second-order valence-corrected chi connectivity index (χ2v) is 11.6. The van der Waals surface area contributed by atoms with Crippen molar-refractivity contribution >= 4 is 11.0 Å². The first kappa shape index (κ1) is 24.8. The Morgan fingerprint density at radius 3 is 2.64 bits per heavy atom. The van der Waals surface area contributed by atoms with Crippen LogP contribution in [0.25, 0.3) is 33.4 Å². The van der Waals surface area contributed by atoms with Crippen LogP contribution in [-0.4, -0.2) is 56.5 Å². The molecule has 2 aromatic heterocycles. The van der Waals surface area contributed by atoms with E-state index >= 15 is 0 Å². The molecule has 1 aliphatic carbocycles. The Hall–Kier alpha value is -3.26. The SMILES string of the molecule is C[C@@H]1CCCN1C1CCc2ccc(-c3cnc4n[nH]c(-c5ccc6c(c5)O[C@@H](C)CNC6O)c4c3)cc2CC1. The lowest BCUT2D eigenvalue weighted by Crippen LogP contribution is -2.37. The van der Waals surface area contributed by atoms with Gasteiger partial charge >= 0.3 is 0 Å². The quantitative estimate of drug-likeness (QED) is 0.313. The molecule has 0 spiro atoms. The maximum atomic E-state index is 10.5. The number of rotatable bonds is 3. The molecule has 0 saturated carbocycles. The van der Waals surface area contributed by atoms with Gasteiger partial charge in [-0.05, 0) is 87.7 Å². The molecule has 4 atom stereocenters. The number of fused-ring (bicyclic) bond motifs is 3. The number of ether oxygens (including phenoxy) is 1. The Morgan fingerprint density at radius 2 is 1.79 bits per heavy atom. The summed E-state index contributed by atoms with van der Waals surface area (Å²) in [6, 6.07) is 16.5. The third kappa shape index (κ3) is 4.62. The fraction of sp³-hybridized carbons (Fsp3) is 0.438. The molecule has 1 fully saturated rings. The predicted molar refractivity (Wildman–Crippen MR) is 154 cm³/mol. The average molecular weight is 524 g/mol. The minimum atomic E-state index is -0.743. The standard InChI is InChI=1S/C32H37N5O2/c1-19-4-3-13-37(19)26-10-7-21-5-6-23(14-22(21)8-11-26)25-15-28-30(35-36-31(28)33-18-25)24-9-12-27-29(16-24)39-20(2)17-34-32(27)38/h5-6,9,12,14-16,18-20,26,32,34,38H,3-4,7-8,10-11,13,17H2,1-2H3,(H,33,35,36)/t19-,20+,26?,32?/m1/s1. The number of nitrogens with one attached hydrogen (secondary N) is 2. The van der Waals surface area contributed by atoms with Crippen molar-refractivity contribution in [2.45, 2.75) is 76.8 Å². The van der Waals surface area contributed by atoms with Crippen LogP contribution in [-0.2, 0) is 12.8 Å². The molecule has 2 unspecified atom stereocenters. The molecule has 3 N–H and O–H groups in total. The molecular formula is C32H37N5O2. The summed E-state index contributed by atoms with van der Waals surface area (Å²) >= 11 is 0. The van der Waals surface area contributed by atoms with E-state index in [1.54, 1.807) is 0 Å². The minimum Gasteiger partial charge on any atom is -0.489 e. The van der Waals surface area contributed by atoms with E-state index in [4.69, 9.17) is 9.72 Å². The van der Waals surface area contributed by atoms with Crippen molar-refractivity contribution in [3.05, 3.63) is 65.4 Å². The number of likely N-dealkylation sites (tertiary alicyclic amines) is 1. The van der Waals surface area contributed by atoms with Crippen LogP contribution in [0, 0.1) is 0 Å². The van der Waals surface area contributed by atoms with Crippen LogP contribution in [0.1, 0.15) is 62.4 Å². The summed E-state index contributed by atoms with van der Waals surface area (Å²) in [5.74, 6) is 0.691. The van der Waals surface area contributed by atoms with Gasteiger partial charge in [-0.3, -0.25) is 15.3 Å². The van der Waals surface area contributed by atoms with E-state index in [0.29, 0.717) is 24.0 Å². The van der Waals surface area contributed by atoms with Gasteiger partial charge in [0.1, 0.15) is 18.1 Å². The number of aliphatic hydroxyl groups excluding tert-OH is 1. The van der Waals surface area contributed by atoms with Gasteiger partial charge in [0.25, 0.3) is 0 Å². The number of nitrogens with zero attached hydrogens (tertiary/aromatic N) is 3. The molecular weight excluding hydrogens is 486 g/mol. The van der Waals surface area contributed by atoms with E-state index in [-0.39, 0.29) is 6.10 Å². The Labute approximate surface area is 229 Å². The van der Waals surface area contributed by atoms with Crippen molar-refractivity contribution in [3.8, 4) is 28.1 Å². The third-order valence-corrected chi connectivity index (χ3v) is 9.04. The van der Waals surface area contributed by atoms with Crippen LogP contribution in [0.4, 0.5) is 0 Å². The maximum Gasteiger partial charge on any atom is 0.181 e. The number of H-pyrrole nitrogens is 1. The summed E-state index contributed by atoms with van der Waals surface area (Å²) in [7, 11) is 0. The zero-order valence-corrected chi connectivity index (χ0v) is 22.8. The summed E-state index contributed by atoms with van der Waals surface area (Å²) in [4.78, 5) is 7.46. The zero-order chi connectivity index (χ0) is 26.5. The summed E-state index contributed by atoms with van der Waals surface area (Å²) < 4.78 is 6.10. The largest absolute Gasteiger partial charge is 0.489 e. The highest BCUT2D eigenvalue weighted by Crippen LogP contribution is 2.36. The first-order valence-electron chi connectivity index (χ1n) is 14.5. The van der Waals surface area contributed by atoms with Gasteiger partial charge in [0.15, 0.2) is 5.65 Å². The predicted octanol–water partition coefficient (Wildman–Crippen LogP) is 5.39. The smallest absolute Gasteiger partial charge is 0.181 e. The van der Waals surface area contributed by atoms with E-state index in [0.717, 1.165) is 46.7 Å². The van der Waals surface area contributed by atoms with Gasteiger partial charge in [-0.2, -0.15) is 5.10 Å². The monoisotopic (exact) mass is 523 g/mol. The molecule has 39 heavy (non-hydrogen) atoms. The topological polar surface area (TPSA) is 86.3 Å². The molecule has 2 aromatic carbocycles. The lowest BCUT2D eigenvalue weighted by Gasteiger charge is -2.30. The number of aromatic amines is 1. The van der Waals surface area contributed by atoms with E-state index in [1.165, 1.54) is 48.9 Å². The highest BCUT2D eigenvalue weighted by molar-refractivity contribution is 5.93. The Kier molecular flexibility index (Phi) is 6.38. The summed E-state index contributed by atoms with van der Waals surface area (Å²) in [5, 5.41) is 22.2. The lowest BCUT2D eigenvalue weighted by molar-refractivity contribution is 0.136. The molecule has 3 aliphatic rings. The maximum absolute atomic E-state index is 10.5. The van der Waals surface area contributed by atoms with E-state index in [1.807, 2.05) is 31.3 Å². The molecule has 7 rings (SSSR count). The zero-order valence-electron chi connectivity index (χ0n) is 22.8. The number of aryl methyl sites for hydroxylation is 2. The average Bonchev–Trinajstić information content (AvgIpc) is 3.47. The van der Waals surface area contributed by atoms with Crippen LogP contribution in [0.5, 0.6) is 5.75 Å². The van der Waals surface area contributed by atoms with Crippen LogP contribution in [0.3, 0.4) is 0 Å². The summed E-state index contributed by atoms with van der Waals surface area (Å²) in [5.41, 5.74) is 8.59. The van der Waals surface area contributed by atoms with Gasteiger partial charge in [0, 0.05) is 46.9 Å². The van der Waals surface area contributed by atoms with Gasteiger partial charge in [-0.1, -0.05) is 30.3 Å². The van der Waals surface area contributed by atoms with Gasteiger partial charge < -0.3 is 9.84 Å². The highest BCUT2D eigenvalue weighted by Gasteiger charge is 2.29. The first-order chi connectivity index (χ1) is 19.0. The van der Waals surface area contributed by atoms with Crippen molar-refractivity contribution in [1.82, 2.24) is 25.4 Å². The van der Waals surface area contributed by atoms with E-state index in [2.05, 4.69) is 51.6 Å². The van der Waals surface area contributed by atoms with Crippen molar-refractivity contribution in [2.75, 3.05) is 13.1 Å². The molecule has 7 nitrogen and oxygen atoms in total. The molecule has 7 heteroatoms. The molecule has 1 saturated heterocycles. The molecule has 2 aliphatic heterocycles. The number of pyridine rings is 1. The van der Waals surface area contributed by atoms with Crippen LogP contribution in [0.2, 0.25) is 0 Å². The molecule has 0 amide bonds. The van der Waals surface area contributed by atoms with Gasteiger partial charge in [0.2, 0.25) is 0 Å². The Bertz CT molecular complexity index is 1510. The Morgan fingerprint density at radius 1 is 0.949 bits per heavy atom. The number of hydrogen-bond donors (Lipinski definition) is 3. The van der Waals surface area contributed by atoms with Gasteiger partial charge in [0.05, 0.1) is 5.69 Å². The van der Waals surface area contributed by atoms with E-state index in [9.17, 15) is 5.11 Å². The molecule has 0 bridgehead atoms. The molecule has 202 valence electrons. The van der Waals surface area contributed by atoms with Crippen molar-refractivity contribution < 1.29 is 9.84 Å². The third-order valence-electron chi connectivity index (χ3n) is 9.04. The second kappa shape index (κ2) is 10.0. The fourth-order valence-corrected chi connectivity index (χ4v) is 6.84.